The fourth-order valence-electron chi connectivity index (χ4n) is 3.95. The molecule has 1 fully saturated rings. The molecule has 10 nitrogen and oxygen atoms in total. The van der Waals surface area contributed by atoms with Crippen molar-refractivity contribution in [3.63, 3.8) is 0 Å². The summed E-state index contributed by atoms with van der Waals surface area (Å²) in [6.07, 6.45) is 5.37. The van der Waals surface area contributed by atoms with Crippen LogP contribution in [-0.4, -0.2) is 54.2 Å². The lowest BCUT2D eigenvalue weighted by Gasteiger charge is -2.17. The molecule has 0 aliphatic carbocycles. The molecule has 1 atom stereocenters. The highest BCUT2D eigenvalue weighted by atomic mass is 35.5. The van der Waals surface area contributed by atoms with E-state index in [0.717, 1.165) is 0 Å². The Labute approximate surface area is 205 Å². The number of fused-ring (bicyclic) bond motifs is 1. The molecular weight excluding hydrogens is 523 g/mol. The standard InChI is InChI=1S/C20H18Cl2N6O4S2/c21-16-5-6-18(20-19(16)17(22)11-23-20)25-33(29,30)14-1-3-15(4-2-14)34(31,32)27-9-7-13(12-27)28-10-8-24-26-28/h1-6,8,10-11,13,23,25H,7,9,12H2. The summed E-state index contributed by atoms with van der Waals surface area (Å²) >= 11 is 12.3. The van der Waals surface area contributed by atoms with E-state index in [4.69, 9.17) is 23.2 Å². The molecule has 0 radical (unpaired) electrons. The van der Waals surface area contributed by atoms with Crippen LogP contribution in [0.3, 0.4) is 0 Å². The van der Waals surface area contributed by atoms with Crippen molar-refractivity contribution in [2.45, 2.75) is 22.3 Å². The molecule has 3 heterocycles. The third-order valence-corrected chi connectivity index (χ3v) is 9.57. The predicted molar refractivity (Wildman–Crippen MR) is 128 cm³/mol. The fourth-order valence-corrected chi connectivity index (χ4v) is 7.08. The SMILES string of the molecule is O=S(=O)(Nc1ccc(Cl)c2c(Cl)c[nH]c12)c1ccc(S(=O)(=O)N2CCC(n3ccnn3)C2)cc1. The van der Waals surface area contributed by atoms with Crippen molar-refractivity contribution in [1.29, 1.82) is 0 Å². The van der Waals surface area contributed by atoms with E-state index in [1.807, 2.05) is 0 Å². The number of hydrogen-bond donors (Lipinski definition) is 2. The van der Waals surface area contributed by atoms with Gasteiger partial charge in [-0.25, -0.2) is 21.5 Å². The Balaban J connectivity index is 1.37. The number of hydrogen-bond acceptors (Lipinski definition) is 6. The molecule has 14 heteroatoms. The Morgan fingerprint density at radius 3 is 2.44 bits per heavy atom. The van der Waals surface area contributed by atoms with Gasteiger partial charge in [-0.3, -0.25) is 4.72 Å². The lowest BCUT2D eigenvalue weighted by Crippen LogP contribution is -2.29. The Kier molecular flexibility index (Phi) is 5.81. The van der Waals surface area contributed by atoms with Gasteiger partial charge in [0.2, 0.25) is 10.0 Å². The molecule has 1 unspecified atom stereocenters. The Bertz CT molecular complexity index is 1570. The van der Waals surface area contributed by atoms with Crippen molar-refractivity contribution in [3.8, 4) is 0 Å². The van der Waals surface area contributed by atoms with E-state index < -0.39 is 20.0 Å². The third-order valence-electron chi connectivity index (χ3n) is 5.69. The largest absolute Gasteiger partial charge is 0.358 e. The van der Waals surface area contributed by atoms with Gasteiger partial charge in [-0.2, -0.15) is 4.31 Å². The Morgan fingerprint density at radius 1 is 1.00 bits per heavy atom. The fraction of sp³-hybridized carbons (Fsp3) is 0.200. The molecule has 1 aliphatic heterocycles. The van der Waals surface area contributed by atoms with Crippen LogP contribution in [0.25, 0.3) is 10.9 Å². The number of rotatable bonds is 6. The van der Waals surface area contributed by atoms with E-state index in [-0.39, 0.29) is 28.1 Å². The van der Waals surface area contributed by atoms with Gasteiger partial charge in [0.25, 0.3) is 10.0 Å². The summed E-state index contributed by atoms with van der Waals surface area (Å²) in [7, 11) is -7.80. The number of nitrogens with zero attached hydrogens (tertiary/aromatic N) is 4. The van der Waals surface area contributed by atoms with E-state index in [9.17, 15) is 16.8 Å². The molecule has 0 bridgehead atoms. The van der Waals surface area contributed by atoms with Crippen LogP contribution in [0.15, 0.2) is 64.8 Å². The van der Waals surface area contributed by atoms with Gasteiger partial charge >= 0.3 is 0 Å². The number of aromatic amines is 1. The Hall–Kier alpha value is -2.64. The van der Waals surface area contributed by atoms with Gasteiger partial charge < -0.3 is 4.98 Å². The quantitative estimate of drug-likeness (QED) is 0.384. The van der Waals surface area contributed by atoms with Gasteiger partial charge in [-0.1, -0.05) is 28.4 Å². The number of sulfonamides is 2. The van der Waals surface area contributed by atoms with E-state index in [1.165, 1.54) is 40.8 Å². The number of nitrogens with one attached hydrogen (secondary N) is 2. The number of aromatic nitrogens is 4. The maximum atomic E-state index is 13.1. The van der Waals surface area contributed by atoms with Crippen LogP contribution in [0.5, 0.6) is 0 Å². The molecule has 0 amide bonds. The van der Waals surface area contributed by atoms with Crippen molar-refractivity contribution in [3.05, 3.63) is 65.0 Å². The number of benzene rings is 2. The summed E-state index contributed by atoms with van der Waals surface area (Å²) in [5, 5.41) is 8.95. The summed E-state index contributed by atoms with van der Waals surface area (Å²) < 4.78 is 57.6. The second-order valence-corrected chi connectivity index (χ2v) is 12.2. The number of H-pyrrole nitrogens is 1. The second kappa shape index (κ2) is 8.54. The number of anilines is 1. The molecule has 1 saturated heterocycles. The smallest absolute Gasteiger partial charge is 0.261 e. The zero-order chi connectivity index (χ0) is 24.1. The Morgan fingerprint density at radius 2 is 1.74 bits per heavy atom. The zero-order valence-corrected chi connectivity index (χ0v) is 20.5. The van der Waals surface area contributed by atoms with Crippen LogP contribution in [0.4, 0.5) is 5.69 Å². The van der Waals surface area contributed by atoms with Crippen LogP contribution >= 0.6 is 23.2 Å². The van der Waals surface area contributed by atoms with Crippen LogP contribution in [0, 0.1) is 0 Å². The normalized spacial score (nSPS) is 17.4. The van der Waals surface area contributed by atoms with Crippen molar-refractivity contribution < 1.29 is 16.8 Å². The minimum absolute atomic E-state index is 0.00993. The number of halogens is 2. The molecular formula is C20H18Cl2N6O4S2. The summed E-state index contributed by atoms with van der Waals surface area (Å²) in [5.74, 6) is 0. The second-order valence-electron chi connectivity index (χ2n) is 7.75. The van der Waals surface area contributed by atoms with Gasteiger partial charge in [0, 0.05) is 30.9 Å². The third kappa shape index (κ3) is 4.05. The first kappa shape index (κ1) is 23.1. The van der Waals surface area contributed by atoms with Crippen molar-refractivity contribution >= 4 is 59.8 Å². The minimum atomic E-state index is -4.01. The van der Waals surface area contributed by atoms with Gasteiger partial charge in [-0.15, -0.1) is 5.10 Å². The highest BCUT2D eigenvalue weighted by Crippen LogP contribution is 2.35. The first-order valence-electron chi connectivity index (χ1n) is 10.1. The van der Waals surface area contributed by atoms with Gasteiger partial charge in [0.1, 0.15) is 0 Å². The van der Waals surface area contributed by atoms with E-state index in [2.05, 4.69) is 20.0 Å². The van der Waals surface area contributed by atoms with Crippen LogP contribution in [0.2, 0.25) is 10.0 Å². The van der Waals surface area contributed by atoms with Crippen molar-refractivity contribution in [2.24, 2.45) is 0 Å². The first-order valence-corrected chi connectivity index (χ1v) is 13.8. The first-order chi connectivity index (χ1) is 16.2. The molecule has 178 valence electrons. The maximum absolute atomic E-state index is 13.1. The lowest BCUT2D eigenvalue weighted by molar-refractivity contribution is 0.428. The molecule has 2 aromatic heterocycles. The molecule has 2 aromatic carbocycles. The van der Waals surface area contributed by atoms with Crippen LogP contribution in [0.1, 0.15) is 12.5 Å². The van der Waals surface area contributed by atoms with Gasteiger partial charge in [0.05, 0.1) is 43.3 Å². The average Bonchev–Trinajstić information content (AvgIpc) is 3.57. The summed E-state index contributed by atoms with van der Waals surface area (Å²) in [6.45, 7) is 0.596. The molecule has 0 saturated carbocycles. The monoisotopic (exact) mass is 540 g/mol. The highest BCUT2D eigenvalue weighted by molar-refractivity contribution is 7.92. The average molecular weight is 541 g/mol. The van der Waals surface area contributed by atoms with E-state index >= 15 is 0 Å². The zero-order valence-electron chi connectivity index (χ0n) is 17.4. The minimum Gasteiger partial charge on any atom is -0.358 e. The molecule has 2 N–H and O–H groups in total. The molecule has 0 spiro atoms. The van der Waals surface area contributed by atoms with Crippen LogP contribution in [-0.2, 0) is 20.0 Å². The van der Waals surface area contributed by atoms with Gasteiger partial charge in [-0.05, 0) is 42.8 Å². The predicted octanol–water partition coefficient (Wildman–Crippen LogP) is 3.50. The molecule has 1 aliphatic rings. The van der Waals surface area contributed by atoms with E-state index in [0.29, 0.717) is 33.9 Å². The lowest BCUT2D eigenvalue weighted by atomic mass is 10.2. The molecule has 4 aromatic rings. The van der Waals surface area contributed by atoms with Gasteiger partial charge in [0.15, 0.2) is 0 Å². The maximum Gasteiger partial charge on any atom is 0.261 e. The molecule has 5 rings (SSSR count). The molecule has 34 heavy (non-hydrogen) atoms. The van der Waals surface area contributed by atoms with Crippen molar-refractivity contribution in [2.75, 3.05) is 17.8 Å². The summed E-state index contributed by atoms with van der Waals surface area (Å²) in [4.78, 5) is 2.83. The summed E-state index contributed by atoms with van der Waals surface area (Å²) in [5.41, 5.74) is 0.704. The van der Waals surface area contributed by atoms with Crippen molar-refractivity contribution in [1.82, 2.24) is 24.3 Å². The highest BCUT2D eigenvalue weighted by Gasteiger charge is 2.34. The van der Waals surface area contributed by atoms with E-state index in [1.54, 1.807) is 23.1 Å². The topological polar surface area (TPSA) is 130 Å². The summed E-state index contributed by atoms with van der Waals surface area (Å²) in [6, 6.07) is 8.06. The van der Waals surface area contributed by atoms with Crippen LogP contribution < -0.4 is 4.72 Å².